The molecule has 0 bridgehead atoms. The summed E-state index contributed by atoms with van der Waals surface area (Å²) in [6, 6.07) is 0.598. The van der Waals surface area contributed by atoms with E-state index >= 15 is 0 Å². The Labute approximate surface area is 159 Å². The van der Waals surface area contributed by atoms with Crippen molar-refractivity contribution in [2.24, 2.45) is 5.92 Å². The van der Waals surface area contributed by atoms with Crippen LogP contribution in [0.1, 0.15) is 45.8 Å². The number of nitrogen functional groups attached to an aromatic ring is 1. The molecule has 1 saturated heterocycles. The van der Waals surface area contributed by atoms with Gasteiger partial charge in [-0.15, -0.1) is 0 Å². The Hall–Kier alpha value is -1.75. The maximum Gasteiger partial charge on any atom is 0.311 e. The van der Waals surface area contributed by atoms with E-state index in [4.69, 9.17) is 10.5 Å². The van der Waals surface area contributed by atoms with E-state index in [-0.39, 0.29) is 39.2 Å². The molecule has 0 unspecified atom stereocenters. The molecule has 2 aromatic rings. The Morgan fingerprint density at radius 1 is 1.48 bits per heavy atom. The van der Waals surface area contributed by atoms with Gasteiger partial charge in [-0.05, 0) is 32.6 Å². The van der Waals surface area contributed by atoms with Gasteiger partial charge in [0.15, 0.2) is 5.65 Å². The first-order valence-electron chi connectivity index (χ1n) is 9.39. The summed E-state index contributed by atoms with van der Waals surface area (Å²) in [5, 5.41) is 13.9. The molecule has 1 aliphatic heterocycles. The highest BCUT2D eigenvalue weighted by Gasteiger charge is 2.44. The Kier molecular flexibility index (Phi) is 4.83. The zero-order valence-corrected chi connectivity index (χ0v) is 16.2. The normalized spacial score (nSPS) is 27.9. The van der Waals surface area contributed by atoms with E-state index in [1.807, 2.05) is 6.92 Å². The van der Waals surface area contributed by atoms with E-state index in [0.29, 0.717) is 18.9 Å². The van der Waals surface area contributed by atoms with Gasteiger partial charge in [-0.2, -0.15) is 4.98 Å². The summed E-state index contributed by atoms with van der Waals surface area (Å²) in [6.45, 7) is 3.98. The number of fused-ring (bicyclic) bond motifs is 1. The Morgan fingerprint density at radius 3 is 2.89 bits per heavy atom. The number of aromatic amines is 1. The quantitative estimate of drug-likeness (QED) is 0.561. The molecule has 4 rings (SSSR count). The second-order valence-corrected chi connectivity index (χ2v) is 8.47. The van der Waals surface area contributed by atoms with Crippen LogP contribution in [-0.2, 0) is 4.74 Å². The average Bonchev–Trinajstić information content (AvgIpc) is 3.22. The molecular formula is C17H25N5O4S. The minimum Gasteiger partial charge on any atom is -0.390 e. The smallest absolute Gasteiger partial charge is 0.311 e. The van der Waals surface area contributed by atoms with Gasteiger partial charge in [0.2, 0.25) is 5.95 Å². The van der Waals surface area contributed by atoms with Gasteiger partial charge in [0.25, 0.3) is 5.56 Å². The third-order valence-corrected chi connectivity index (χ3v) is 6.44. The summed E-state index contributed by atoms with van der Waals surface area (Å²) >= 11 is 0.839. The predicted molar refractivity (Wildman–Crippen MR) is 103 cm³/mol. The maximum absolute atomic E-state index is 12.7. The molecular weight excluding hydrogens is 370 g/mol. The second kappa shape index (κ2) is 7.01. The molecule has 0 spiro atoms. The standard InChI is InChI=1S/C17H25N5O4S/c1-3-10(23)11-6-9(7(2)19-8-4-5-8)15(26-11)22-13-12(27-17(22)25)14(24)21-16(18)20-13/h7-11,15,19,23H,3-6H2,1-2H3,(H3,18,20,21,24)/t7-,9+,10+,11+,15-/m1/s1. The minimum absolute atomic E-state index is 0.0328. The zero-order chi connectivity index (χ0) is 19.3. The Balaban J connectivity index is 1.76. The van der Waals surface area contributed by atoms with Crippen molar-refractivity contribution < 1.29 is 9.84 Å². The molecule has 5 atom stereocenters. The molecule has 5 N–H and O–H groups in total. The summed E-state index contributed by atoms with van der Waals surface area (Å²) in [4.78, 5) is 31.2. The molecule has 9 nitrogen and oxygen atoms in total. The average molecular weight is 395 g/mol. The first kappa shape index (κ1) is 18.6. The number of hydrogen-bond donors (Lipinski definition) is 4. The van der Waals surface area contributed by atoms with E-state index in [2.05, 4.69) is 22.2 Å². The van der Waals surface area contributed by atoms with Crippen LogP contribution in [0.25, 0.3) is 10.3 Å². The highest BCUT2D eigenvalue weighted by atomic mass is 32.1. The third-order valence-electron chi connectivity index (χ3n) is 5.50. The number of anilines is 1. The zero-order valence-electron chi connectivity index (χ0n) is 15.3. The molecule has 27 heavy (non-hydrogen) atoms. The molecule has 10 heteroatoms. The van der Waals surface area contributed by atoms with Crippen molar-refractivity contribution in [1.29, 1.82) is 0 Å². The van der Waals surface area contributed by atoms with Crippen LogP contribution < -0.4 is 21.5 Å². The molecule has 0 radical (unpaired) electrons. The topological polar surface area (TPSA) is 135 Å². The van der Waals surface area contributed by atoms with Crippen molar-refractivity contribution in [2.45, 2.75) is 70.1 Å². The number of nitrogens with one attached hydrogen (secondary N) is 2. The van der Waals surface area contributed by atoms with Crippen molar-refractivity contribution in [2.75, 3.05) is 5.73 Å². The minimum atomic E-state index is -0.604. The van der Waals surface area contributed by atoms with Crippen molar-refractivity contribution in [3.8, 4) is 0 Å². The predicted octanol–water partition coefficient (Wildman–Crippen LogP) is 0.544. The Morgan fingerprint density at radius 2 is 2.22 bits per heavy atom. The van der Waals surface area contributed by atoms with Gasteiger partial charge < -0.3 is 20.9 Å². The number of rotatable bonds is 6. The van der Waals surface area contributed by atoms with Gasteiger partial charge in [0.05, 0.1) is 12.2 Å². The van der Waals surface area contributed by atoms with E-state index in [0.717, 1.165) is 24.2 Å². The van der Waals surface area contributed by atoms with Gasteiger partial charge in [-0.1, -0.05) is 18.3 Å². The lowest BCUT2D eigenvalue weighted by Crippen LogP contribution is -2.39. The van der Waals surface area contributed by atoms with Crippen LogP contribution in [0.5, 0.6) is 0 Å². The molecule has 1 aliphatic carbocycles. The molecule has 3 heterocycles. The number of aliphatic hydroxyl groups is 1. The number of nitrogens with two attached hydrogens (primary N) is 1. The van der Waals surface area contributed by atoms with Gasteiger partial charge in [0, 0.05) is 18.0 Å². The van der Waals surface area contributed by atoms with Crippen LogP contribution in [0, 0.1) is 5.92 Å². The van der Waals surface area contributed by atoms with Crippen LogP contribution in [0.3, 0.4) is 0 Å². The summed E-state index contributed by atoms with van der Waals surface area (Å²) in [5.74, 6) is -0.0718. The summed E-state index contributed by atoms with van der Waals surface area (Å²) < 4.78 is 7.82. The fraction of sp³-hybridized carbons (Fsp3) is 0.706. The monoisotopic (exact) mass is 395 g/mol. The lowest BCUT2D eigenvalue weighted by atomic mass is 9.93. The van der Waals surface area contributed by atoms with Crippen LogP contribution in [0.2, 0.25) is 0 Å². The molecule has 0 amide bonds. The Bertz CT molecular complexity index is 949. The highest BCUT2D eigenvalue weighted by Crippen LogP contribution is 2.40. The lowest BCUT2D eigenvalue weighted by molar-refractivity contribution is -0.0671. The fourth-order valence-corrected chi connectivity index (χ4v) is 4.69. The van der Waals surface area contributed by atoms with Crippen molar-refractivity contribution in [1.82, 2.24) is 19.9 Å². The van der Waals surface area contributed by atoms with E-state index in [1.165, 1.54) is 4.57 Å². The first-order chi connectivity index (χ1) is 12.9. The fourth-order valence-electron chi connectivity index (χ4n) is 3.85. The number of aromatic nitrogens is 3. The SMILES string of the molecule is CC[C@H](O)[C@@H]1C[C@@H]([C@@H](C)NC2CC2)[C@H](n2c(=O)sc3c(=O)[nH]c(N)nc32)O1. The maximum atomic E-state index is 12.7. The van der Waals surface area contributed by atoms with Crippen LogP contribution in [-0.4, -0.2) is 43.9 Å². The summed E-state index contributed by atoms with van der Waals surface area (Å²) in [6.07, 6.45) is 1.92. The number of hydrogen-bond acceptors (Lipinski definition) is 8. The number of H-pyrrole nitrogens is 1. The lowest BCUT2D eigenvalue weighted by Gasteiger charge is -2.26. The van der Waals surface area contributed by atoms with Crippen LogP contribution in [0.4, 0.5) is 5.95 Å². The number of nitrogens with zero attached hydrogens (tertiary/aromatic N) is 2. The molecule has 2 aliphatic rings. The largest absolute Gasteiger partial charge is 0.390 e. The molecule has 2 fully saturated rings. The van der Waals surface area contributed by atoms with Gasteiger partial charge in [-0.25, -0.2) is 0 Å². The van der Waals surface area contributed by atoms with E-state index in [9.17, 15) is 14.7 Å². The molecule has 1 saturated carbocycles. The van der Waals surface area contributed by atoms with Crippen LogP contribution >= 0.6 is 11.3 Å². The first-order valence-corrected chi connectivity index (χ1v) is 10.2. The van der Waals surface area contributed by atoms with Crippen molar-refractivity contribution in [3.63, 3.8) is 0 Å². The summed E-state index contributed by atoms with van der Waals surface area (Å²) in [7, 11) is 0. The summed E-state index contributed by atoms with van der Waals surface area (Å²) in [5.41, 5.74) is 5.51. The molecule has 0 aromatic carbocycles. The molecule has 148 valence electrons. The molecule has 2 aromatic heterocycles. The van der Waals surface area contributed by atoms with E-state index < -0.39 is 17.9 Å². The third kappa shape index (κ3) is 3.42. The van der Waals surface area contributed by atoms with Gasteiger partial charge >= 0.3 is 4.87 Å². The number of thiazole rings is 1. The van der Waals surface area contributed by atoms with Gasteiger partial charge in [0.1, 0.15) is 10.9 Å². The second-order valence-electron chi connectivity index (χ2n) is 7.51. The van der Waals surface area contributed by atoms with Crippen molar-refractivity contribution >= 4 is 27.6 Å². The highest BCUT2D eigenvalue weighted by molar-refractivity contribution is 7.16. The number of ether oxygens (including phenoxy) is 1. The van der Waals surface area contributed by atoms with Crippen LogP contribution in [0.15, 0.2) is 9.59 Å². The van der Waals surface area contributed by atoms with E-state index in [1.54, 1.807) is 0 Å². The number of aliphatic hydroxyl groups excluding tert-OH is 1. The van der Waals surface area contributed by atoms with Gasteiger partial charge in [-0.3, -0.25) is 19.1 Å². The van der Waals surface area contributed by atoms with Crippen molar-refractivity contribution in [3.05, 3.63) is 20.0 Å².